The Hall–Kier alpha value is -2.34. The van der Waals surface area contributed by atoms with E-state index in [0.29, 0.717) is 0 Å². The van der Waals surface area contributed by atoms with Crippen molar-refractivity contribution in [3.05, 3.63) is 41.8 Å². The molecule has 2 heterocycles. The van der Waals surface area contributed by atoms with E-state index in [1.54, 1.807) is 6.07 Å². The van der Waals surface area contributed by atoms with Crippen LogP contribution in [0.15, 0.2) is 34.9 Å². The molecule has 6 heteroatoms. The van der Waals surface area contributed by atoms with E-state index >= 15 is 0 Å². The van der Waals surface area contributed by atoms with Gasteiger partial charge in [0.2, 0.25) is 5.76 Å². The summed E-state index contributed by atoms with van der Waals surface area (Å²) in [6.45, 7) is 5.67. The zero-order chi connectivity index (χ0) is 17.8. The molecule has 2 aromatic rings. The summed E-state index contributed by atoms with van der Waals surface area (Å²) in [6.07, 6.45) is 2.19. The van der Waals surface area contributed by atoms with Gasteiger partial charge in [0.25, 0.3) is 5.91 Å². The maximum atomic E-state index is 12.5. The third-order valence-corrected chi connectivity index (χ3v) is 4.83. The molecule has 1 aromatic heterocycles. The summed E-state index contributed by atoms with van der Waals surface area (Å²) in [7, 11) is 0. The van der Waals surface area contributed by atoms with Gasteiger partial charge >= 0.3 is 0 Å². The molecule has 0 saturated carbocycles. The first-order valence-electron chi connectivity index (χ1n) is 8.88. The topological polar surface area (TPSA) is 78.6 Å². The van der Waals surface area contributed by atoms with Gasteiger partial charge in [0.1, 0.15) is 0 Å². The first-order chi connectivity index (χ1) is 12.1. The summed E-state index contributed by atoms with van der Waals surface area (Å²) >= 11 is 0. The highest BCUT2D eigenvalue weighted by Crippen LogP contribution is 2.29. The van der Waals surface area contributed by atoms with Gasteiger partial charge in [-0.25, -0.2) is 0 Å². The number of para-hydroxylation sites is 2. The Morgan fingerprint density at radius 2 is 2.12 bits per heavy atom. The van der Waals surface area contributed by atoms with Crippen LogP contribution in [0.25, 0.3) is 0 Å². The van der Waals surface area contributed by atoms with Crippen molar-refractivity contribution in [1.82, 2.24) is 5.16 Å². The summed E-state index contributed by atoms with van der Waals surface area (Å²) in [4.78, 5) is 14.7. The molecule has 0 radical (unpaired) electrons. The van der Waals surface area contributed by atoms with Gasteiger partial charge < -0.3 is 19.8 Å². The molecule has 0 bridgehead atoms. The van der Waals surface area contributed by atoms with Crippen LogP contribution in [-0.4, -0.2) is 35.4 Å². The van der Waals surface area contributed by atoms with E-state index in [4.69, 9.17) is 4.52 Å². The average molecular weight is 343 g/mol. The van der Waals surface area contributed by atoms with E-state index in [1.807, 2.05) is 24.3 Å². The third kappa shape index (κ3) is 4.02. The van der Waals surface area contributed by atoms with Crippen molar-refractivity contribution < 1.29 is 14.4 Å². The number of carbonyl (C=O) groups excluding carboxylic acids is 1. The number of benzene rings is 1. The van der Waals surface area contributed by atoms with Crippen molar-refractivity contribution in [2.45, 2.75) is 45.1 Å². The molecule has 6 nitrogen and oxygen atoms in total. The Morgan fingerprint density at radius 3 is 2.84 bits per heavy atom. The molecule has 1 atom stereocenters. The zero-order valence-electron chi connectivity index (χ0n) is 14.7. The second-order valence-corrected chi connectivity index (χ2v) is 6.61. The molecule has 0 aliphatic carbocycles. The highest BCUT2D eigenvalue weighted by Gasteiger charge is 2.21. The Balaban J connectivity index is 1.74. The van der Waals surface area contributed by atoms with Crippen LogP contribution in [0.4, 0.5) is 11.4 Å². The van der Waals surface area contributed by atoms with E-state index in [-0.39, 0.29) is 23.7 Å². The Bertz CT molecular complexity index is 720. The quantitative estimate of drug-likeness (QED) is 0.870. The number of amides is 1. The van der Waals surface area contributed by atoms with E-state index in [2.05, 4.69) is 29.2 Å². The zero-order valence-corrected chi connectivity index (χ0v) is 14.7. The van der Waals surface area contributed by atoms with Crippen LogP contribution in [0.1, 0.15) is 55.3 Å². The van der Waals surface area contributed by atoms with Gasteiger partial charge in [-0.1, -0.05) is 31.1 Å². The molecule has 1 amide bonds. The summed E-state index contributed by atoms with van der Waals surface area (Å²) in [5.74, 6) is 0.183. The van der Waals surface area contributed by atoms with Crippen molar-refractivity contribution >= 4 is 17.3 Å². The van der Waals surface area contributed by atoms with Gasteiger partial charge in [-0.3, -0.25) is 4.79 Å². The van der Waals surface area contributed by atoms with Crippen LogP contribution in [0, 0.1) is 0 Å². The number of nitrogens with one attached hydrogen (secondary N) is 1. The summed E-state index contributed by atoms with van der Waals surface area (Å²) in [5, 5.41) is 16.6. The SMILES string of the molecule is CCC(C)c1cc(C(=O)Nc2ccccc2N2CCC(O)CC2)on1. The molecule has 1 saturated heterocycles. The normalized spacial score (nSPS) is 16.7. The number of aliphatic hydroxyl groups excluding tert-OH is 1. The minimum Gasteiger partial charge on any atom is -0.393 e. The number of hydrogen-bond acceptors (Lipinski definition) is 5. The lowest BCUT2D eigenvalue weighted by Crippen LogP contribution is -2.36. The minimum absolute atomic E-state index is 0.221. The number of anilines is 2. The lowest BCUT2D eigenvalue weighted by Gasteiger charge is -2.32. The van der Waals surface area contributed by atoms with Crippen molar-refractivity contribution in [3.8, 4) is 0 Å². The third-order valence-electron chi connectivity index (χ3n) is 4.83. The standard InChI is InChI=1S/C19H25N3O3/c1-3-13(2)16-12-18(25-21-16)19(24)20-15-6-4-5-7-17(15)22-10-8-14(23)9-11-22/h4-7,12-14,23H,3,8-11H2,1-2H3,(H,20,24). The average Bonchev–Trinajstić information content (AvgIpc) is 3.13. The molecule has 1 fully saturated rings. The number of piperidine rings is 1. The number of nitrogens with zero attached hydrogens (tertiary/aromatic N) is 2. The highest BCUT2D eigenvalue weighted by molar-refractivity contribution is 6.04. The van der Waals surface area contributed by atoms with Crippen LogP contribution in [0.2, 0.25) is 0 Å². The minimum atomic E-state index is -0.299. The fraction of sp³-hybridized carbons (Fsp3) is 0.474. The maximum absolute atomic E-state index is 12.5. The fourth-order valence-electron chi connectivity index (χ4n) is 2.98. The van der Waals surface area contributed by atoms with E-state index < -0.39 is 0 Å². The number of hydrogen-bond donors (Lipinski definition) is 2. The summed E-state index contributed by atoms with van der Waals surface area (Å²) in [6, 6.07) is 9.42. The lowest BCUT2D eigenvalue weighted by molar-refractivity contribution is 0.0987. The molecule has 1 aromatic carbocycles. The van der Waals surface area contributed by atoms with Gasteiger partial charge in [0.15, 0.2) is 0 Å². The molecule has 3 rings (SSSR count). The fourth-order valence-corrected chi connectivity index (χ4v) is 2.98. The van der Waals surface area contributed by atoms with E-state index in [9.17, 15) is 9.90 Å². The second-order valence-electron chi connectivity index (χ2n) is 6.61. The smallest absolute Gasteiger partial charge is 0.294 e. The van der Waals surface area contributed by atoms with Crippen LogP contribution in [0.3, 0.4) is 0 Å². The molecule has 2 N–H and O–H groups in total. The molecule has 0 spiro atoms. The molecular formula is C19H25N3O3. The predicted octanol–water partition coefficient (Wildman–Crippen LogP) is 3.40. The maximum Gasteiger partial charge on any atom is 0.294 e. The van der Waals surface area contributed by atoms with Crippen molar-refractivity contribution in [3.63, 3.8) is 0 Å². The first kappa shape index (κ1) is 17.5. The Kier molecular flexibility index (Phi) is 5.38. The molecule has 134 valence electrons. The van der Waals surface area contributed by atoms with Crippen LogP contribution in [-0.2, 0) is 0 Å². The Morgan fingerprint density at radius 1 is 1.40 bits per heavy atom. The number of carbonyl (C=O) groups is 1. The van der Waals surface area contributed by atoms with E-state index in [0.717, 1.165) is 49.4 Å². The number of aromatic nitrogens is 1. The molecular weight excluding hydrogens is 318 g/mol. The predicted molar refractivity (Wildman–Crippen MR) is 97.1 cm³/mol. The van der Waals surface area contributed by atoms with Crippen LogP contribution >= 0.6 is 0 Å². The summed E-state index contributed by atoms with van der Waals surface area (Å²) in [5.41, 5.74) is 2.50. The second kappa shape index (κ2) is 7.70. The first-order valence-corrected chi connectivity index (χ1v) is 8.88. The molecule has 1 unspecified atom stereocenters. The van der Waals surface area contributed by atoms with Gasteiger partial charge in [-0.15, -0.1) is 0 Å². The molecule has 25 heavy (non-hydrogen) atoms. The molecule has 1 aliphatic rings. The van der Waals surface area contributed by atoms with Gasteiger partial charge in [-0.2, -0.15) is 0 Å². The highest BCUT2D eigenvalue weighted by atomic mass is 16.5. The van der Waals surface area contributed by atoms with Gasteiger partial charge in [0, 0.05) is 25.1 Å². The Labute approximate surface area is 147 Å². The largest absolute Gasteiger partial charge is 0.393 e. The summed E-state index contributed by atoms with van der Waals surface area (Å²) < 4.78 is 5.21. The van der Waals surface area contributed by atoms with Gasteiger partial charge in [-0.05, 0) is 31.4 Å². The van der Waals surface area contributed by atoms with Crippen LogP contribution < -0.4 is 10.2 Å². The monoisotopic (exact) mass is 343 g/mol. The molecule has 1 aliphatic heterocycles. The van der Waals surface area contributed by atoms with Crippen molar-refractivity contribution in [2.24, 2.45) is 0 Å². The van der Waals surface area contributed by atoms with Crippen molar-refractivity contribution in [1.29, 1.82) is 0 Å². The van der Waals surface area contributed by atoms with Crippen LogP contribution in [0.5, 0.6) is 0 Å². The van der Waals surface area contributed by atoms with Gasteiger partial charge in [0.05, 0.1) is 23.2 Å². The van der Waals surface area contributed by atoms with Crippen molar-refractivity contribution in [2.75, 3.05) is 23.3 Å². The lowest BCUT2D eigenvalue weighted by atomic mass is 10.1. The van der Waals surface area contributed by atoms with E-state index in [1.165, 1.54) is 0 Å². The number of rotatable bonds is 5. The number of aliphatic hydroxyl groups is 1.